The molecule has 24 nitrogen and oxygen atoms in total. The van der Waals surface area contributed by atoms with E-state index in [0.717, 1.165) is 6.08 Å². The summed E-state index contributed by atoms with van der Waals surface area (Å²) in [5.74, 6) is -3.93. The summed E-state index contributed by atoms with van der Waals surface area (Å²) in [7, 11) is 0. The highest BCUT2D eigenvalue weighted by molar-refractivity contribution is 5.97. The van der Waals surface area contributed by atoms with Crippen LogP contribution < -0.4 is 37.9 Å². The van der Waals surface area contributed by atoms with Crippen LogP contribution >= 0.6 is 0 Å². The number of aliphatic hydroxyl groups is 2. The lowest BCUT2D eigenvalue weighted by molar-refractivity contribution is -0.184. The molecule has 0 spiro atoms. The Morgan fingerprint density at radius 2 is 1.09 bits per heavy atom. The van der Waals surface area contributed by atoms with Gasteiger partial charge in [-0.05, 0) is 184 Å². The van der Waals surface area contributed by atoms with E-state index in [4.69, 9.17) is 71.7 Å². The first kappa shape index (κ1) is 68.2. The van der Waals surface area contributed by atoms with Crippen molar-refractivity contribution in [3.05, 3.63) is 179 Å². The molecule has 9 rings (SSSR count). The Morgan fingerprint density at radius 1 is 0.553 bits per heavy atom. The fourth-order valence-electron chi connectivity index (χ4n) is 9.48. The van der Waals surface area contributed by atoms with Crippen molar-refractivity contribution < 1.29 is 110 Å². The van der Waals surface area contributed by atoms with Crippen LogP contribution in [0.25, 0.3) is 0 Å². The summed E-state index contributed by atoms with van der Waals surface area (Å²) in [6, 6.07) is 32.8. The maximum Gasteiger partial charge on any atom is 0.344 e. The number of hydrogen-bond donors (Lipinski definition) is 3. The molecule has 6 unspecified atom stereocenters. The summed E-state index contributed by atoms with van der Waals surface area (Å²) in [5.41, 5.74) is 0.723. The number of benzene rings is 6. The van der Waals surface area contributed by atoms with Crippen LogP contribution in [0.3, 0.4) is 0 Å². The molecule has 1 saturated carbocycles. The highest BCUT2D eigenvalue weighted by atomic mass is 16.7. The van der Waals surface area contributed by atoms with Gasteiger partial charge < -0.3 is 76.5 Å². The van der Waals surface area contributed by atoms with Crippen molar-refractivity contribution in [2.24, 2.45) is 11.8 Å². The minimum Gasteiger partial charge on any atom is -0.494 e. The van der Waals surface area contributed by atoms with Gasteiger partial charge in [0, 0.05) is 42.4 Å². The lowest BCUT2D eigenvalue weighted by Gasteiger charge is -2.26. The molecule has 94 heavy (non-hydrogen) atoms. The number of hydrogen-bond acceptors (Lipinski definition) is 24. The second kappa shape index (κ2) is 34.0. The molecule has 2 heterocycles. The van der Waals surface area contributed by atoms with E-state index >= 15 is 0 Å². The Morgan fingerprint density at radius 3 is 1.68 bits per heavy atom. The molecule has 6 atom stereocenters. The van der Waals surface area contributed by atoms with Crippen LogP contribution in [0, 0.1) is 17.2 Å². The third kappa shape index (κ3) is 20.7. The minimum atomic E-state index is -1.60. The second-order valence-corrected chi connectivity index (χ2v) is 21.8. The lowest BCUT2D eigenvalue weighted by atomic mass is 10.0. The predicted octanol–water partition coefficient (Wildman–Crippen LogP) is 10.5. The van der Waals surface area contributed by atoms with Gasteiger partial charge in [0.05, 0.1) is 50.8 Å². The summed E-state index contributed by atoms with van der Waals surface area (Å²) >= 11 is 0. The van der Waals surface area contributed by atoms with E-state index < -0.39 is 60.6 Å². The van der Waals surface area contributed by atoms with Crippen LogP contribution in [0.2, 0.25) is 0 Å². The van der Waals surface area contributed by atoms with E-state index in [1.807, 2.05) is 0 Å². The van der Waals surface area contributed by atoms with Crippen molar-refractivity contribution in [2.75, 3.05) is 46.2 Å². The van der Waals surface area contributed by atoms with Crippen LogP contribution in [-0.2, 0) is 42.8 Å². The van der Waals surface area contributed by atoms with Crippen LogP contribution in [0.1, 0.15) is 136 Å². The minimum absolute atomic E-state index is 0.00279. The normalized spacial score (nSPS) is 16.7. The summed E-state index contributed by atoms with van der Waals surface area (Å²) in [6.45, 7) is 7.23. The molecule has 3 aliphatic rings. The van der Waals surface area contributed by atoms with E-state index in [1.165, 1.54) is 84.9 Å². The Balaban J connectivity index is 0.741. The van der Waals surface area contributed by atoms with Gasteiger partial charge >= 0.3 is 41.8 Å². The van der Waals surface area contributed by atoms with E-state index in [9.17, 15) is 43.8 Å². The molecule has 6 aromatic rings. The summed E-state index contributed by atoms with van der Waals surface area (Å²) in [6.07, 6.45) is 1.87. The number of carbonyl (C=O) groups is 7. The Hall–Kier alpha value is -10.1. The van der Waals surface area contributed by atoms with E-state index in [1.54, 1.807) is 55.5 Å². The summed E-state index contributed by atoms with van der Waals surface area (Å²) < 4.78 is 77.3. The highest BCUT2D eigenvalue weighted by Crippen LogP contribution is 2.37. The molecular weight excluding hydrogens is 1220 g/mol. The zero-order valence-corrected chi connectivity index (χ0v) is 51.4. The third-order valence-electron chi connectivity index (χ3n) is 14.9. The molecule has 3 fully saturated rings. The highest BCUT2D eigenvalue weighted by Gasteiger charge is 2.33. The van der Waals surface area contributed by atoms with Crippen molar-refractivity contribution >= 4 is 47.7 Å². The third-order valence-corrected chi connectivity index (χ3v) is 14.9. The fraction of sp³-hybridized carbons (Fsp3) is 0.343. The average Bonchev–Trinajstić information content (AvgIpc) is 1.10. The van der Waals surface area contributed by atoms with Gasteiger partial charge in [-0.15, -0.1) is 0 Å². The molecule has 6 aromatic carbocycles. The van der Waals surface area contributed by atoms with Crippen LogP contribution in [0.4, 0.5) is 0 Å². The average molecular weight is 1290 g/mol. The molecule has 0 aromatic heterocycles. The van der Waals surface area contributed by atoms with Gasteiger partial charge in [0.2, 0.25) is 18.9 Å². The monoisotopic (exact) mass is 1290 g/mol. The van der Waals surface area contributed by atoms with Gasteiger partial charge in [-0.25, -0.2) is 24.0 Å². The second-order valence-electron chi connectivity index (χ2n) is 21.8. The van der Waals surface area contributed by atoms with Gasteiger partial charge in [-0.1, -0.05) is 13.5 Å². The Kier molecular flexibility index (Phi) is 24.7. The van der Waals surface area contributed by atoms with Gasteiger partial charge in [-0.3, -0.25) is 15.0 Å². The number of epoxide rings is 1. The number of ether oxygens (including phenoxy) is 14. The van der Waals surface area contributed by atoms with Crippen molar-refractivity contribution in [1.82, 2.24) is 0 Å². The van der Waals surface area contributed by atoms with Crippen LogP contribution in [-0.4, -0.2) is 117 Å². The molecule has 3 N–H and O–H groups in total. The van der Waals surface area contributed by atoms with Crippen molar-refractivity contribution in [3.63, 3.8) is 0 Å². The molecule has 0 bridgehead atoms. The molecule has 2 aliphatic heterocycles. The van der Waals surface area contributed by atoms with E-state index in [0.29, 0.717) is 108 Å². The number of unbranched alkanes of at least 4 members (excludes halogenated alkanes) is 2. The zero-order chi connectivity index (χ0) is 66.3. The van der Waals surface area contributed by atoms with Crippen molar-refractivity contribution in [1.29, 1.82) is 5.41 Å². The lowest BCUT2D eigenvalue weighted by Crippen LogP contribution is -2.32. The molecule has 0 radical (unpaired) electrons. The molecule has 494 valence electrons. The number of esters is 7. The first-order chi connectivity index (χ1) is 45.5. The smallest absolute Gasteiger partial charge is 0.344 e. The topological polar surface area (TPSA) is 316 Å². The van der Waals surface area contributed by atoms with Gasteiger partial charge in [0.1, 0.15) is 69.8 Å². The van der Waals surface area contributed by atoms with Gasteiger partial charge in [0.25, 0.3) is 0 Å². The first-order valence-corrected chi connectivity index (χ1v) is 30.7. The summed E-state index contributed by atoms with van der Waals surface area (Å²) in [5, 5.41) is 30.9. The molecule has 1 aliphatic carbocycles. The largest absolute Gasteiger partial charge is 0.494 e. The summed E-state index contributed by atoms with van der Waals surface area (Å²) in [4.78, 5) is 89.3. The quantitative estimate of drug-likeness (QED) is 0.00389. The maximum absolute atomic E-state index is 13.5. The number of rotatable bonds is 34. The molecule has 0 amide bonds. The number of carbonyl (C=O) groups excluding carboxylic acids is 7. The van der Waals surface area contributed by atoms with Crippen molar-refractivity contribution in [2.45, 2.75) is 96.1 Å². The maximum atomic E-state index is 13.5. The SMILES string of the molecule is C=CC(=O)OCCCCOc1ccc(C(=O)Oc2ccc(C(=O)Oc3ccc(OC(=N)C4CCC(CC(=O)Oc5ccc(OC(O)c6ccc(OC(O)c7ccc(OCCCCOC(=O)CC)cc7)cc6)c(C(=O)OC6CCO6)c5)C4)cc3C(=O)OCC3CO3)cc2)cc1. The molecule has 2 saturated heterocycles. The Labute approximate surface area is 540 Å². The van der Waals surface area contributed by atoms with E-state index in [-0.39, 0.29) is 106 Å². The fourth-order valence-corrected chi connectivity index (χ4v) is 9.48. The standard InChI is InChI=1S/C70H71NO23/c1-3-60(72)83-34-7-5-32-81-49-19-11-44(12-20-49)65(75)90-51-23-15-46(16-24-51)67(77)92-58-30-28-54(40-56(58)69(79)87-42-55-41-86-55)89-64(71)48-10-9-43(37-48)38-62(74)88-53-27-29-59(57(39-53)70(80)94-63-31-36-85-63)93-68(78)47-17-25-52(26-18-47)91-66(76)45-13-21-50(22-14-45)82-33-6-8-35-84-61(73)4-2/h3,11-30,39-40,43,48,55,63,66,68,71,76,78H,1,4-10,31-38,41-42H2,2H3. The molecule has 24 heteroatoms. The van der Waals surface area contributed by atoms with E-state index in [2.05, 4.69) is 6.58 Å². The van der Waals surface area contributed by atoms with Crippen LogP contribution in [0.15, 0.2) is 146 Å². The first-order valence-electron chi connectivity index (χ1n) is 30.7. The van der Waals surface area contributed by atoms with Gasteiger partial charge in [0.15, 0.2) is 5.90 Å². The molecular formula is C70H71NO23. The van der Waals surface area contributed by atoms with Gasteiger partial charge in [-0.2, -0.15) is 0 Å². The Bertz CT molecular complexity index is 3600. The van der Waals surface area contributed by atoms with Crippen molar-refractivity contribution in [3.8, 4) is 46.0 Å². The predicted molar refractivity (Wildman–Crippen MR) is 331 cm³/mol. The zero-order valence-electron chi connectivity index (χ0n) is 51.4. The van der Waals surface area contributed by atoms with Crippen LogP contribution in [0.5, 0.6) is 46.0 Å². The number of aliphatic hydroxyl groups excluding tert-OH is 2. The number of nitrogens with one attached hydrogen (secondary N) is 1.